The fraction of sp³-hybridized carbons (Fsp3) is 0. The molecule has 0 aliphatic carbocycles. The van der Waals surface area contributed by atoms with Crippen LogP contribution in [0.4, 0.5) is 11.4 Å². The van der Waals surface area contributed by atoms with Crippen molar-refractivity contribution in [1.82, 2.24) is 0 Å². The third-order valence-corrected chi connectivity index (χ3v) is 4.40. The Bertz CT molecular complexity index is 1070. The minimum absolute atomic E-state index is 0.173. The molecule has 2 amide bonds. The smallest absolute Gasteiger partial charge is 0.258 e. The van der Waals surface area contributed by atoms with Gasteiger partial charge in [0.15, 0.2) is 0 Å². The quantitative estimate of drug-likeness (QED) is 0.624. The van der Waals surface area contributed by atoms with Crippen LogP contribution in [0.5, 0.6) is 0 Å². The SMILES string of the molecule is NC(=O)c1cccc(N/C(=C2\C(=O)Nc3ccccc32)c2ccccc2)c1. The number of fused-ring (bicyclic) bond motifs is 1. The van der Waals surface area contributed by atoms with Crippen molar-refractivity contribution in [2.45, 2.75) is 0 Å². The summed E-state index contributed by atoms with van der Waals surface area (Å²) in [5.41, 5.74) is 10.2. The van der Waals surface area contributed by atoms with Crippen molar-refractivity contribution in [3.8, 4) is 0 Å². The second-order valence-electron chi connectivity index (χ2n) is 6.19. The maximum Gasteiger partial charge on any atom is 0.258 e. The van der Waals surface area contributed by atoms with Crippen molar-refractivity contribution in [2.75, 3.05) is 10.6 Å². The predicted molar refractivity (Wildman–Crippen MR) is 107 cm³/mol. The van der Waals surface area contributed by atoms with Gasteiger partial charge in [0, 0.05) is 22.5 Å². The van der Waals surface area contributed by atoms with E-state index in [4.69, 9.17) is 5.73 Å². The second kappa shape index (κ2) is 6.80. The molecule has 1 aliphatic heterocycles. The lowest BCUT2D eigenvalue weighted by atomic mass is 10.00. The van der Waals surface area contributed by atoms with Gasteiger partial charge in [0.05, 0.1) is 11.3 Å². The Morgan fingerprint density at radius 3 is 2.33 bits per heavy atom. The van der Waals surface area contributed by atoms with Crippen molar-refractivity contribution >= 4 is 34.5 Å². The van der Waals surface area contributed by atoms with E-state index in [0.29, 0.717) is 22.5 Å². The highest BCUT2D eigenvalue weighted by molar-refractivity contribution is 6.37. The van der Waals surface area contributed by atoms with Crippen LogP contribution in [0, 0.1) is 0 Å². The number of benzene rings is 3. The molecule has 1 heterocycles. The normalized spacial score (nSPS) is 14.3. The summed E-state index contributed by atoms with van der Waals surface area (Å²) in [6.45, 7) is 0. The summed E-state index contributed by atoms with van der Waals surface area (Å²) in [6, 6.07) is 24.1. The summed E-state index contributed by atoms with van der Waals surface area (Å²) in [4.78, 5) is 24.2. The Balaban J connectivity index is 1.88. The highest BCUT2D eigenvalue weighted by Crippen LogP contribution is 2.37. The van der Waals surface area contributed by atoms with Gasteiger partial charge in [-0.1, -0.05) is 54.6 Å². The lowest BCUT2D eigenvalue weighted by molar-refractivity contribution is -0.110. The molecular weight excluding hydrogens is 338 g/mol. The van der Waals surface area contributed by atoms with Crippen LogP contribution >= 0.6 is 0 Å². The molecule has 0 spiro atoms. The predicted octanol–water partition coefficient (Wildman–Crippen LogP) is 3.72. The summed E-state index contributed by atoms with van der Waals surface area (Å²) in [5, 5.41) is 6.22. The first kappa shape index (κ1) is 16.6. The van der Waals surface area contributed by atoms with Gasteiger partial charge in [0.1, 0.15) is 0 Å². The number of primary amides is 1. The molecule has 0 saturated heterocycles. The van der Waals surface area contributed by atoms with Crippen LogP contribution in [0.25, 0.3) is 11.3 Å². The van der Waals surface area contributed by atoms with Gasteiger partial charge in [-0.3, -0.25) is 9.59 Å². The molecule has 0 fully saturated rings. The molecular formula is C22H17N3O2. The number of hydrogen-bond acceptors (Lipinski definition) is 3. The van der Waals surface area contributed by atoms with Gasteiger partial charge in [0.25, 0.3) is 5.91 Å². The zero-order chi connectivity index (χ0) is 18.8. The van der Waals surface area contributed by atoms with Crippen molar-refractivity contribution < 1.29 is 9.59 Å². The Morgan fingerprint density at radius 1 is 0.852 bits per heavy atom. The van der Waals surface area contributed by atoms with Crippen molar-refractivity contribution in [3.05, 3.63) is 95.6 Å². The van der Waals surface area contributed by atoms with Crippen LogP contribution < -0.4 is 16.4 Å². The molecule has 0 saturated carbocycles. The summed E-state index contributed by atoms with van der Waals surface area (Å²) in [6.07, 6.45) is 0. The largest absolute Gasteiger partial charge is 0.366 e. The van der Waals surface area contributed by atoms with Gasteiger partial charge in [-0.25, -0.2) is 0 Å². The molecule has 1 aliphatic rings. The van der Waals surface area contributed by atoms with Gasteiger partial charge in [-0.2, -0.15) is 0 Å². The number of carbonyl (C=O) groups is 2. The minimum Gasteiger partial charge on any atom is -0.366 e. The first-order valence-corrected chi connectivity index (χ1v) is 8.51. The fourth-order valence-corrected chi connectivity index (χ4v) is 3.14. The maximum absolute atomic E-state index is 12.7. The summed E-state index contributed by atoms with van der Waals surface area (Å²) in [7, 11) is 0. The van der Waals surface area contributed by atoms with E-state index in [1.807, 2.05) is 60.7 Å². The molecule has 0 bridgehead atoms. The fourth-order valence-electron chi connectivity index (χ4n) is 3.14. The van der Waals surface area contributed by atoms with Crippen molar-refractivity contribution in [2.24, 2.45) is 5.73 Å². The number of hydrogen-bond donors (Lipinski definition) is 3. The first-order chi connectivity index (χ1) is 13.1. The number of rotatable bonds is 4. The number of nitrogens with two attached hydrogens (primary N) is 1. The van der Waals surface area contributed by atoms with E-state index in [-0.39, 0.29) is 5.91 Å². The zero-order valence-electron chi connectivity index (χ0n) is 14.4. The van der Waals surface area contributed by atoms with Gasteiger partial charge >= 0.3 is 0 Å². The minimum atomic E-state index is -0.503. The van der Waals surface area contributed by atoms with Crippen LogP contribution in [0.15, 0.2) is 78.9 Å². The van der Waals surface area contributed by atoms with Crippen molar-refractivity contribution in [3.63, 3.8) is 0 Å². The Kier molecular flexibility index (Phi) is 4.18. The van der Waals surface area contributed by atoms with E-state index < -0.39 is 5.91 Å². The average Bonchev–Trinajstić information content (AvgIpc) is 3.02. The van der Waals surface area contributed by atoms with Gasteiger partial charge in [0.2, 0.25) is 5.91 Å². The Hall–Kier alpha value is -3.86. The summed E-state index contributed by atoms with van der Waals surface area (Å²) < 4.78 is 0. The third-order valence-electron chi connectivity index (χ3n) is 4.40. The highest BCUT2D eigenvalue weighted by atomic mass is 16.2. The zero-order valence-corrected chi connectivity index (χ0v) is 14.4. The number of amides is 2. The van der Waals surface area contributed by atoms with Crippen LogP contribution in [0.1, 0.15) is 21.5 Å². The third kappa shape index (κ3) is 3.18. The molecule has 0 radical (unpaired) electrons. The number of anilines is 2. The average molecular weight is 355 g/mol. The van der Waals surface area contributed by atoms with E-state index >= 15 is 0 Å². The lowest BCUT2D eigenvalue weighted by Gasteiger charge is -2.15. The molecule has 4 rings (SSSR count). The van der Waals surface area contributed by atoms with E-state index in [1.54, 1.807) is 18.2 Å². The van der Waals surface area contributed by atoms with Crippen molar-refractivity contribution in [1.29, 1.82) is 0 Å². The molecule has 132 valence electrons. The van der Waals surface area contributed by atoms with Crippen LogP contribution in [-0.2, 0) is 4.79 Å². The molecule has 5 nitrogen and oxygen atoms in total. The molecule has 0 unspecified atom stereocenters. The Morgan fingerprint density at radius 2 is 1.56 bits per heavy atom. The van der Waals surface area contributed by atoms with Gasteiger partial charge in [-0.15, -0.1) is 0 Å². The van der Waals surface area contributed by atoms with E-state index in [0.717, 1.165) is 16.8 Å². The highest BCUT2D eigenvalue weighted by Gasteiger charge is 2.28. The van der Waals surface area contributed by atoms with E-state index in [1.165, 1.54) is 0 Å². The monoisotopic (exact) mass is 355 g/mol. The van der Waals surface area contributed by atoms with Crippen LogP contribution in [0.3, 0.4) is 0 Å². The number of para-hydroxylation sites is 1. The van der Waals surface area contributed by atoms with Crippen LogP contribution in [0.2, 0.25) is 0 Å². The van der Waals surface area contributed by atoms with E-state index in [2.05, 4.69) is 10.6 Å². The topological polar surface area (TPSA) is 84.2 Å². The van der Waals surface area contributed by atoms with Crippen LogP contribution in [-0.4, -0.2) is 11.8 Å². The summed E-state index contributed by atoms with van der Waals surface area (Å²) in [5.74, 6) is -0.676. The summed E-state index contributed by atoms with van der Waals surface area (Å²) >= 11 is 0. The Labute approximate surface area is 156 Å². The molecule has 4 N–H and O–H groups in total. The molecule has 0 aromatic heterocycles. The molecule has 5 heteroatoms. The number of carbonyl (C=O) groups excluding carboxylic acids is 2. The molecule has 27 heavy (non-hydrogen) atoms. The maximum atomic E-state index is 12.7. The van der Waals surface area contributed by atoms with E-state index in [9.17, 15) is 9.59 Å². The molecule has 3 aromatic rings. The molecule has 3 aromatic carbocycles. The lowest BCUT2D eigenvalue weighted by Crippen LogP contribution is -2.12. The number of nitrogens with one attached hydrogen (secondary N) is 2. The van der Waals surface area contributed by atoms with Gasteiger partial charge < -0.3 is 16.4 Å². The first-order valence-electron chi connectivity index (χ1n) is 8.51. The second-order valence-corrected chi connectivity index (χ2v) is 6.19. The molecule has 0 atom stereocenters. The standard InChI is InChI=1S/C22H17N3O2/c23-21(26)15-9-6-10-16(13-15)24-20(14-7-2-1-3-8-14)19-17-11-4-5-12-18(17)25-22(19)27/h1-13,24H,(H2,23,26)(H,25,27)/b20-19-. The van der Waals surface area contributed by atoms with Gasteiger partial charge in [-0.05, 0) is 29.8 Å².